The van der Waals surface area contributed by atoms with Gasteiger partial charge in [-0.15, -0.1) is 0 Å². The molecule has 4 heteroatoms. The molecule has 1 aromatic heterocycles. The number of rotatable bonds is 11. The van der Waals surface area contributed by atoms with Crippen LogP contribution in [-0.4, -0.2) is 26.0 Å². The predicted molar refractivity (Wildman–Crippen MR) is 88.9 cm³/mol. The van der Waals surface area contributed by atoms with Crippen LogP contribution in [0.25, 0.3) is 6.08 Å². The van der Waals surface area contributed by atoms with Crippen LogP contribution in [0, 0.1) is 0 Å². The number of allylic oxidation sites excluding steroid dienone is 4. The van der Waals surface area contributed by atoms with Crippen molar-refractivity contribution in [3.05, 3.63) is 73.3 Å². The minimum absolute atomic E-state index is 0.495. The number of nitrogens with zero attached hydrogens (tertiary/aromatic N) is 1. The van der Waals surface area contributed by atoms with Crippen LogP contribution in [0.15, 0.2) is 67.7 Å². The molecule has 22 heavy (non-hydrogen) atoms. The lowest BCUT2D eigenvalue weighted by Crippen LogP contribution is -2.35. The standard InChI is InChI=1S/C18H23N2O2/c1-3-17-8-6-10-20(15-17)11-12-21-13-14-22-16-18(4-2)7-5-9-19/h3-10,15-16,19H,1-2,11-14H2/q+1/p+1/b7-5-,18-16-,19-9?. The summed E-state index contributed by atoms with van der Waals surface area (Å²) < 4.78 is 13.0. The number of ether oxygens (including phenoxy) is 2. The summed E-state index contributed by atoms with van der Waals surface area (Å²) in [5, 5.41) is 5.27. The van der Waals surface area contributed by atoms with Crippen molar-refractivity contribution in [1.29, 1.82) is 0 Å². The Balaban J connectivity index is 2.18. The molecule has 0 radical (unpaired) electrons. The van der Waals surface area contributed by atoms with Gasteiger partial charge in [0.05, 0.1) is 12.9 Å². The van der Waals surface area contributed by atoms with Crippen LogP contribution in [0.5, 0.6) is 0 Å². The molecule has 0 unspecified atom stereocenters. The molecular weight excluding hydrogens is 276 g/mol. The molecule has 0 aromatic carbocycles. The van der Waals surface area contributed by atoms with Gasteiger partial charge < -0.3 is 9.47 Å². The highest BCUT2D eigenvalue weighted by molar-refractivity contribution is 5.66. The Hall–Kier alpha value is -2.46. The van der Waals surface area contributed by atoms with Gasteiger partial charge in [-0.3, -0.25) is 5.41 Å². The number of aromatic nitrogens is 1. The third-order valence-corrected chi connectivity index (χ3v) is 2.81. The molecule has 0 aliphatic carbocycles. The fraction of sp³-hybridized carbons (Fsp3) is 0.222. The van der Waals surface area contributed by atoms with E-state index in [0.29, 0.717) is 19.8 Å². The zero-order valence-corrected chi connectivity index (χ0v) is 12.9. The normalized spacial score (nSPS) is 11.4. The van der Waals surface area contributed by atoms with E-state index in [-0.39, 0.29) is 0 Å². The smallest absolute Gasteiger partial charge is 0.176 e. The lowest BCUT2D eigenvalue weighted by Gasteiger charge is -2.03. The highest BCUT2D eigenvalue weighted by Crippen LogP contribution is 1.98. The topological polar surface area (TPSA) is 47.9 Å². The molecule has 0 bridgehead atoms. The van der Waals surface area contributed by atoms with Crippen LogP contribution in [0.1, 0.15) is 5.56 Å². The average molecular weight is 300 g/mol. The maximum absolute atomic E-state index is 5.54. The Morgan fingerprint density at radius 2 is 2.14 bits per heavy atom. The van der Waals surface area contributed by atoms with Gasteiger partial charge in [0.15, 0.2) is 25.2 Å². The summed E-state index contributed by atoms with van der Waals surface area (Å²) in [6.07, 6.45) is 14.2. The molecule has 0 aliphatic heterocycles. The summed E-state index contributed by atoms with van der Waals surface area (Å²) in [5.74, 6) is 0. The van der Waals surface area contributed by atoms with Crippen molar-refractivity contribution < 1.29 is 19.5 Å². The first-order chi connectivity index (χ1) is 10.8. The van der Waals surface area contributed by atoms with Gasteiger partial charge in [0.2, 0.25) is 0 Å². The molecule has 1 rings (SSSR count). The van der Waals surface area contributed by atoms with Crippen molar-refractivity contribution in [3.8, 4) is 0 Å². The van der Waals surface area contributed by atoms with E-state index in [4.69, 9.17) is 14.9 Å². The summed E-state index contributed by atoms with van der Waals surface area (Å²) in [5.41, 5.74) is 1.95. The molecule has 0 amide bonds. The Morgan fingerprint density at radius 1 is 1.27 bits per heavy atom. The number of nitrogens with two attached hydrogens (primary N) is 1. The van der Waals surface area contributed by atoms with E-state index in [1.54, 1.807) is 18.4 Å². The van der Waals surface area contributed by atoms with Crippen molar-refractivity contribution in [2.24, 2.45) is 0 Å². The van der Waals surface area contributed by atoms with Crippen LogP contribution in [-0.2, 0) is 16.0 Å². The molecular formula is C18H24N2O2+2. The van der Waals surface area contributed by atoms with Gasteiger partial charge in [-0.25, -0.2) is 4.57 Å². The second kappa shape index (κ2) is 11.2. The van der Waals surface area contributed by atoms with Crippen LogP contribution < -0.4 is 9.98 Å². The molecule has 0 aliphatic rings. The Morgan fingerprint density at radius 3 is 2.86 bits per heavy atom. The Labute approximate surface area is 132 Å². The maximum atomic E-state index is 5.54. The molecule has 116 valence electrons. The Kier molecular flexibility index (Phi) is 8.98. The Bertz CT molecular complexity index is 548. The van der Waals surface area contributed by atoms with E-state index < -0.39 is 0 Å². The van der Waals surface area contributed by atoms with E-state index >= 15 is 0 Å². The first-order valence-electron chi connectivity index (χ1n) is 7.15. The lowest BCUT2D eigenvalue weighted by molar-refractivity contribution is -0.698. The second-order valence-corrected chi connectivity index (χ2v) is 4.44. The largest absolute Gasteiger partial charge is 0.498 e. The fourth-order valence-electron chi connectivity index (χ4n) is 1.66. The van der Waals surface area contributed by atoms with E-state index in [1.165, 1.54) is 6.21 Å². The summed E-state index contributed by atoms with van der Waals surface area (Å²) >= 11 is 0. The van der Waals surface area contributed by atoms with Crippen molar-refractivity contribution in [2.45, 2.75) is 6.54 Å². The third kappa shape index (κ3) is 7.36. The van der Waals surface area contributed by atoms with E-state index in [9.17, 15) is 0 Å². The first kappa shape index (κ1) is 17.6. The first-order valence-corrected chi connectivity index (χ1v) is 7.15. The number of hydrogen-bond acceptors (Lipinski definition) is 2. The summed E-state index contributed by atoms with van der Waals surface area (Å²) in [4.78, 5) is 0. The summed E-state index contributed by atoms with van der Waals surface area (Å²) in [7, 11) is 0. The minimum atomic E-state index is 0.495. The van der Waals surface area contributed by atoms with Gasteiger partial charge in [0.1, 0.15) is 13.2 Å². The third-order valence-electron chi connectivity index (χ3n) is 2.81. The van der Waals surface area contributed by atoms with Gasteiger partial charge >= 0.3 is 0 Å². The van der Waals surface area contributed by atoms with Crippen LogP contribution in [0.2, 0.25) is 0 Å². The average Bonchev–Trinajstić information content (AvgIpc) is 2.57. The number of pyridine rings is 1. The fourth-order valence-corrected chi connectivity index (χ4v) is 1.66. The minimum Gasteiger partial charge on any atom is -0.498 e. The zero-order valence-electron chi connectivity index (χ0n) is 12.9. The van der Waals surface area contributed by atoms with Gasteiger partial charge in [-0.05, 0) is 12.1 Å². The molecule has 0 fully saturated rings. The predicted octanol–water partition coefficient (Wildman–Crippen LogP) is 1.11. The molecule has 4 nitrogen and oxygen atoms in total. The SMILES string of the molecule is C=CC(/C=C\C=[NH2+])=C/OCCOCC[n+]1cccc(C=C)c1. The molecule has 1 heterocycles. The molecule has 0 saturated heterocycles. The van der Waals surface area contributed by atoms with Crippen LogP contribution in [0.3, 0.4) is 0 Å². The highest BCUT2D eigenvalue weighted by atomic mass is 16.5. The van der Waals surface area contributed by atoms with Crippen molar-refractivity contribution >= 4 is 12.3 Å². The van der Waals surface area contributed by atoms with Gasteiger partial charge in [0.25, 0.3) is 0 Å². The van der Waals surface area contributed by atoms with Gasteiger partial charge in [-0.2, -0.15) is 0 Å². The van der Waals surface area contributed by atoms with Crippen molar-refractivity contribution in [1.82, 2.24) is 0 Å². The van der Waals surface area contributed by atoms with Gasteiger partial charge in [-0.1, -0.05) is 25.3 Å². The number of hydrogen-bond donors (Lipinski definition) is 1. The second-order valence-electron chi connectivity index (χ2n) is 4.44. The van der Waals surface area contributed by atoms with E-state index in [2.05, 4.69) is 17.7 Å². The van der Waals surface area contributed by atoms with Crippen molar-refractivity contribution in [2.75, 3.05) is 19.8 Å². The molecule has 1 aromatic rings. The van der Waals surface area contributed by atoms with Crippen molar-refractivity contribution in [3.63, 3.8) is 0 Å². The van der Waals surface area contributed by atoms with Crippen LogP contribution in [0.4, 0.5) is 0 Å². The summed E-state index contributed by atoms with van der Waals surface area (Å²) in [6, 6.07) is 4.01. The van der Waals surface area contributed by atoms with E-state index in [0.717, 1.165) is 17.7 Å². The quantitative estimate of drug-likeness (QED) is 0.219. The van der Waals surface area contributed by atoms with Crippen LogP contribution >= 0.6 is 0 Å². The molecule has 0 spiro atoms. The maximum Gasteiger partial charge on any atom is 0.176 e. The zero-order chi connectivity index (χ0) is 16.0. The monoisotopic (exact) mass is 300 g/mol. The molecule has 0 atom stereocenters. The summed E-state index contributed by atoms with van der Waals surface area (Å²) in [6.45, 7) is 9.91. The highest BCUT2D eigenvalue weighted by Gasteiger charge is 2.00. The molecule has 0 saturated carbocycles. The van der Waals surface area contributed by atoms with Gasteiger partial charge in [0, 0.05) is 23.3 Å². The lowest BCUT2D eigenvalue weighted by atomic mass is 10.3. The molecule has 2 N–H and O–H groups in total. The van der Waals surface area contributed by atoms with E-state index in [1.807, 2.05) is 36.7 Å².